The molecule has 1 heterocycles. The standard InChI is InChI=1S/C17H20N2O2/c1-13-5-7-15(8-6-13)12-19(11-9-16(20)21)17-14(2)4-3-10-18-17/h3-8,10H,9,11-12H2,1-2H3,(H,20,21). The number of pyridine rings is 1. The summed E-state index contributed by atoms with van der Waals surface area (Å²) < 4.78 is 0. The van der Waals surface area contributed by atoms with Gasteiger partial charge in [-0.05, 0) is 31.0 Å². The molecule has 1 aromatic carbocycles. The summed E-state index contributed by atoms with van der Waals surface area (Å²) in [5.74, 6) is 0.0526. The van der Waals surface area contributed by atoms with E-state index in [0.29, 0.717) is 13.1 Å². The van der Waals surface area contributed by atoms with Gasteiger partial charge in [-0.2, -0.15) is 0 Å². The predicted molar refractivity (Wildman–Crippen MR) is 83.5 cm³/mol. The van der Waals surface area contributed by atoms with Crippen molar-refractivity contribution in [2.45, 2.75) is 26.8 Å². The van der Waals surface area contributed by atoms with Crippen molar-refractivity contribution in [3.8, 4) is 0 Å². The fourth-order valence-corrected chi connectivity index (χ4v) is 2.21. The van der Waals surface area contributed by atoms with Gasteiger partial charge < -0.3 is 10.0 Å². The van der Waals surface area contributed by atoms with Crippen LogP contribution in [0.5, 0.6) is 0 Å². The molecule has 4 heteroatoms. The lowest BCUT2D eigenvalue weighted by molar-refractivity contribution is -0.136. The molecule has 1 aromatic heterocycles. The first-order valence-corrected chi connectivity index (χ1v) is 7.00. The van der Waals surface area contributed by atoms with Crippen LogP contribution in [0.25, 0.3) is 0 Å². The van der Waals surface area contributed by atoms with Gasteiger partial charge in [0.25, 0.3) is 0 Å². The van der Waals surface area contributed by atoms with Crippen molar-refractivity contribution in [2.75, 3.05) is 11.4 Å². The molecule has 4 nitrogen and oxygen atoms in total. The van der Waals surface area contributed by atoms with Crippen LogP contribution in [0.3, 0.4) is 0 Å². The second-order valence-electron chi connectivity index (χ2n) is 5.19. The molecular formula is C17H20N2O2. The molecule has 1 N–H and O–H groups in total. The fourth-order valence-electron chi connectivity index (χ4n) is 2.21. The first kappa shape index (κ1) is 15.0. The molecule has 0 fully saturated rings. The number of benzene rings is 1. The zero-order valence-electron chi connectivity index (χ0n) is 12.4. The van der Waals surface area contributed by atoms with Crippen LogP contribution in [0.15, 0.2) is 42.6 Å². The molecule has 110 valence electrons. The number of aryl methyl sites for hydroxylation is 2. The number of carboxylic acids is 1. The summed E-state index contributed by atoms with van der Waals surface area (Å²) in [6.45, 7) is 5.15. The van der Waals surface area contributed by atoms with Gasteiger partial charge in [0.2, 0.25) is 0 Å². The highest BCUT2D eigenvalue weighted by molar-refractivity contribution is 5.67. The van der Waals surface area contributed by atoms with Crippen LogP contribution in [0, 0.1) is 13.8 Å². The van der Waals surface area contributed by atoms with Crippen molar-refractivity contribution in [3.63, 3.8) is 0 Å². The lowest BCUT2D eigenvalue weighted by atomic mass is 10.1. The molecule has 21 heavy (non-hydrogen) atoms. The Morgan fingerprint density at radius 1 is 1.19 bits per heavy atom. The monoisotopic (exact) mass is 284 g/mol. The highest BCUT2D eigenvalue weighted by Gasteiger charge is 2.12. The summed E-state index contributed by atoms with van der Waals surface area (Å²) in [6.07, 6.45) is 1.84. The average molecular weight is 284 g/mol. The normalized spacial score (nSPS) is 10.4. The molecule has 0 aliphatic rings. The zero-order chi connectivity index (χ0) is 15.2. The number of aromatic nitrogens is 1. The van der Waals surface area contributed by atoms with E-state index in [9.17, 15) is 4.79 Å². The van der Waals surface area contributed by atoms with E-state index in [0.717, 1.165) is 16.9 Å². The van der Waals surface area contributed by atoms with Crippen molar-refractivity contribution in [1.29, 1.82) is 0 Å². The largest absolute Gasteiger partial charge is 0.481 e. The number of hydrogen-bond acceptors (Lipinski definition) is 3. The number of nitrogens with zero attached hydrogens (tertiary/aromatic N) is 2. The number of carbonyl (C=O) groups is 1. The Labute approximate surface area is 125 Å². The SMILES string of the molecule is Cc1ccc(CN(CCC(=O)O)c2ncccc2C)cc1. The van der Waals surface area contributed by atoms with E-state index in [1.54, 1.807) is 6.20 Å². The van der Waals surface area contributed by atoms with E-state index < -0.39 is 5.97 Å². The second-order valence-corrected chi connectivity index (χ2v) is 5.19. The highest BCUT2D eigenvalue weighted by atomic mass is 16.4. The average Bonchev–Trinajstić information content (AvgIpc) is 2.46. The van der Waals surface area contributed by atoms with E-state index in [2.05, 4.69) is 36.2 Å². The third kappa shape index (κ3) is 4.31. The summed E-state index contributed by atoms with van der Waals surface area (Å²) in [4.78, 5) is 17.3. The first-order chi connectivity index (χ1) is 10.1. The Kier molecular flexibility index (Phi) is 4.93. The highest BCUT2D eigenvalue weighted by Crippen LogP contribution is 2.19. The van der Waals surface area contributed by atoms with Crippen LogP contribution in [-0.2, 0) is 11.3 Å². The summed E-state index contributed by atoms with van der Waals surface area (Å²) in [5, 5.41) is 8.93. The van der Waals surface area contributed by atoms with Crippen LogP contribution in [0.1, 0.15) is 23.1 Å². The molecule has 2 rings (SSSR count). The molecule has 0 amide bonds. The number of aliphatic carboxylic acids is 1. The van der Waals surface area contributed by atoms with Crippen molar-refractivity contribution >= 4 is 11.8 Å². The van der Waals surface area contributed by atoms with E-state index in [1.165, 1.54) is 5.56 Å². The number of rotatable bonds is 6. The molecule has 0 spiro atoms. The van der Waals surface area contributed by atoms with Gasteiger partial charge >= 0.3 is 5.97 Å². The van der Waals surface area contributed by atoms with Crippen LogP contribution >= 0.6 is 0 Å². The molecule has 0 atom stereocenters. The molecule has 0 unspecified atom stereocenters. The summed E-state index contributed by atoms with van der Waals surface area (Å²) in [5.41, 5.74) is 3.41. The third-order valence-electron chi connectivity index (χ3n) is 3.37. The van der Waals surface area contributed by atoms with Gasteiger partial charge in [0, 0.05) is 19.3 Å². The van der Waals surface area contributed by atoms with E-state index in [4.69, 9.17) is 5.11 Å². The maximum absolute atomic E-state index is 10.9. The maximum atomic E-state index is 10.9. The minimum Gasteiger partial charge on any atom is -0.481 e. The molecule has 0 aliphatic carbocycles. The molecule has 0 bridgehead atoms. The molecule has 2 aromatic rings. The predicted octanol–water partition coefficient (Wildman–Crippen LogP) is 3.18. The molecule has 0 radical (unpaired) electrons. The smallest absolute Gasteiger partial charge is 0.305 e. The van der Waals surface area contributed by atoms with Crippen molar-refractivity contribution in [1.82, 2.24) is 4.98 Å². The van der Waals surface area contributed by atoms with Gasteiger partial charge in [0.05, 0.1) is 6.42 Å². The van der Waals surface area contributed by atoms with E-state index in [1.807, 2.05) is 24.0 Å². The lowest BCUT2D eigenvalue weighted by Gasteiger charge is -2.24. The quantitative estimate of drug-likeness (QED) is 0.885. The van der Waals surface area contributed by atoms with E-state index in [-0.39, 0.29) is 6.42 Å². The Hall–Kier alpha value is -2.36. The van der Waals surface area contributed by atoms with E-state index >= 15 is 0 Å². The second kappa shape index (κ2) is 6.88. The zero-order valence-corrected chi connectivity index (χ0v) is 12.4. The first-order valence-electron chi connectivity index (χ1n) is 7.00. The third-order valence-corrected chi connectivity index (χ3v) is 3.37. The van der Waals surface area contributed by atoms with Gasteiger partial charge in [0.15, 0.2) is 0 Å². The van der Waals surface area contributed by atoms with Crippen LogP contribution < -0.4 is 4.90 Å². The summed E-state index contributed by atoms with van der Waals surface area (Å²) in [6, 6.07) is 12.2. The number of hydrogen-bond donors (Lipinski definition) is 1. The lowest BCUT2D eigenvalue weighted by Crippen LogP contribution is -2.27. The van der Waals surface area contributed by atoms with Gasteiger partial charge in [-0.1, -0.05) is 35.9 Å². The van der Waals surface area contributed by atoms with Gasteiger partial charge in [-0.3, -0.25) is 4.79 Å². The maximum Gasteiger partial charge on any atom is 0.305 e. The van der Waals surface area contributed by atoms with Crippen molar-refractivity contribution in [3.05, 3.63) is 59.3 Å². The Morgan fingerprint density at radius 3 is 2.52 bits per heavy atom. The van der Waals surface area contributed by atoms with Crippen molar-refractivity contribution in [2.24, 2.45) is 0 Å². The molecule has 0 saturated heterocycles. The number of anilines is 1. The van der Waals surface area contributed by atoms with Crippen LogP contribution in [-0.4, -0.2) is 22.6 Å². The van der Waals surface area contributed by atoms with Crippen LogP contribution in [0.4, 0.5) is 5.82 Å². The molecule has 0 aliphatic heterocycles. The van der Waals surface area contributed by atoms with Gasteiger partial charge in [-0.15, -0.1) is 0 Å². The Morgan fingerprint density at radius 2 is 1.90 bits per heavy atom. The summed E-state index contributed by atoms with van der Waals surface area (Å²) >= 11 is 0. The Bertz CT molecular complexity index is 608. The van der Waals surface area contributed by atoms with Crippen LogP contribution in [0.2, 0.25) is 0 Å². The fraction of sp³-hybridized carbons (Fsp3) is 0.294. The summed E-state index contributed by atoms with van der Waals surface area (Å²) in [7, 11) is 0. The minimum absolute atomic E-state index is 0.0991. The van der Waals surface area contributed by atoms with Gasteiger partial charge in [-0.25, -0.2) is 4.98 Å². The minimum atomic E-state index is -0.794. The van der Waals surface area contributed by atoms with Crippen molar-refractivity contribution < 1.29 is 9.90 Å². The number of carboxylic acid groups (broad SMARTS) is 1. The molecular weight excluding hydrogens is 264 g/mol. The molecule has 0 saturated carbocycles. The van der Waals surface area contributed by atoms with Gasteiger partial charge in [0.1, 0.15) is 5.82 Å². The topological polar surface area (TPSA) is 53.4 Å². The Balaban J connectivity index is 2.21.